The van der Waals surface area contributed by atoms with Crippen LogP contribution in [0.5, 0.6) is 0 Å². The minimum absolute atomic E-state index is 0.401. The first-order chi connectivity index (χ1) is 13.0. The number of carbonyl (C=O) groups is 2. The van der Waals surface area contributed by atoms with Crippen LogP contribution in [0.15, 0.2) is 82.6 Å². The molecule has 0 bridgehead atoms. The molecule has 0 aromatic heterocycles. The highest BCUT2D eigenvalue weighted by Gasteiger charge is 2.18. The Balaban J connectivity index is 1.72. The Labute approximate surface area is 158 Å². The number of hydrogen-bond donors (Lipinski definition) is 2. The highest BCUT2D eigenvalue weighted by molar-refractivity contribution is 7.99. The maximum Gasteiger partial charge on any atom is 0.314 e. The normalized spacial score (nSPS) is 10.3. The summed E-state index contributed by atoms with van der Waals surface area (Å²) < 4.78 is 26.8. The Hall–Kier alpha value is -3.19. The Morgan fingerprint density at radius 3 is 2.11 bits per heavy atom. The quantitative estimate of drug-likeness (QED) is 0.642. The van der Waals surface area contributed by atoms with Crippen LogP contribution in [-0.2, 0) is 9.59 Å². The maximum atomic E-state index is 13.6. The molecular formula is C20H14F2N2O2S. The summed E-state index contributed by atoms with van der Waals surface area (Å²) in [6, 6.07) is 19.1. The van der Waals surface area contributed by atoms with Crippen molar-refractivity contribution in [1.82, 2.24) is 0 Å². The van der Waals surface area contributed by atoms with Crippen LogP contribution in [0, 0.1) is 11.6 Å². The molecule has 0 aliphatic rings. The fourth-order valence-corrected chi connectivity index (χ4v) is 3.15. The minimum Gasteiger partial charge on any atom is -0.317 e. The maximum absolute atomic E-state index is 13.6. The topological polar surface area (TPSA) is 58.2 Å². The number of halogens is 2. The van der Waals surface area contributed by atoms with E-state index in [1.807, 2.05) is 36.4 Å². The molecule has 0 aliphatic heterocycles. The van der Waals surface area contributed by atoms with E-state index in [1.54, 1.807) is 18.2 Å². The first kappa shape index (κ1) is 18.6. The zero-order valence-electron chi connectivity index (χ0n) is 13.9. The highest BCUT2D eigenvalue weighted by Crippen LogP contribution is 2.33. The van der Waals surface area contributed by atoms with Crippen molar-refractivity contribution < 1.29 is 18.4 Å². The van der Waals surface area contributed by atoms with Crippen molar-refractivity contribution in [2.24, 2.45) is 0 Å². The number of rotatable bonds is 4. The monoisotopic (exact) mass is 384 g/mol. The predicted molar refractivity (Wildman–Crippen MR) is 101 cm³/mol. The summed E-state index contributed by atoms with van der Waals surface area (Å²) in [5.41, 5.74) is 0.0355. The summed E-state index contributed by atoms with van der Waals surface area (Å²) in [5.74, 6) is -3.65. The molecule has 0 fully saturated rings. The molecule has 0 radical (unpaired) electrons. The third kappa shape index (κ3) is 4.92. The number of benzene rings is 3. The third-order valence-corrected chi connectivity index (χ3v) is 4.57. The van der Waals surface area contributed by atoms with Gasteiger partial charge in [0.05, 0.1) is 11.4 Å². The minimum atomic E-state index is -1.10. The van der Waals surface area contributed by atoms with Gasteiger partial charge in [-0.25, -0.2) is 8.78 Å². The van der Waals surface area contributed by atoms with E-state index in [9.17, 15) is 18.4 Å². The lowest BCUT2D eigenvalue weighted by Crippen LogP contribution is -2.29. The van der Waals surface area contributed by atoms with E-state index in [2.05, 4.69) is 10.6 Å². The van der Waals surface area contributed by atoms with Crippen molar-refractivity contribution in [3.8, 4) is 0 Å². The zero-order chi connectivity index (χ0) is 19.2. The Morgan fingerprint density at radius 1 is 0.741 bits per heavy atom. The van der Waals surface area contributed by atoms with Gasteiger partial charge in [-0.15, -0.1) is 0 Å². The Morgan fingerprint density at radius 2 is 1.37 bits per heavy atom. The Kier molecular flexibility index (Phi) is 5.83. The van der Waals surface area contributed by atoms with Gasteiger partial charge in [-0.3, -0.25) is 9.59 Å². The van der Waals surface area contributed by atoms with Crippen LogP contribution in [0.2, 0.25) is 0 Å². The number of anilines is 2. The lowest BCUT2D eigenvalue weighted by atomic mass is 10.3. The number of carbonyl (C=O) groups excluding carboxylic acids is 2. The summed E-state index contributed by atoms with van der Waals surface area (Å²) in [7, 11) is 0. The van der Waals surface area contributed by atoms with Crippen LogP contribution in [-0.4, -0.2) is 11.8 Å². The van der Waals surface area contributed by atoms with E-state index in [0.717, 1.165) is 28.0 Å². The average molecular weight is 384 g/mol. The Bertz CT molecular complexity index is 981. The third-order valence-electron chi connectivity index (χ3n) is 3.49. The largest absolute Gasteiger partial charge is 0.317 e. The van der Waals surface area contributed by atoms with E-state index >= 15 is 0 Å². The SMILES string of the molecule is O=C(Nc1cc(F)ccc1F)C(=O)Nc1ccccc1Sc1ccccc1. The smallest absolute Gasteiger partial charge is 0.314 e. The van der Waals surface area contributed by atoms with E-state index in [4.69, 9.17) is 0 Å². The van der Waals surface area contributed by atoms with Gasteiger partial charge in [0.1, 0.15) is 11.6 Å². The summed E-state index contributed by atoms with van der Waals surface area (Å²) in [6.45, 7) is 0. The number of hydrogen-bond acceptors (Lipinski definition) is 3. The number of amides is 2. The van der Waals surface area contributed by atoms with Gasteiger partial charge in [0.25, 0.3) is 0 Å². The summed E-state index contributed by atoms with van der Waals surface area (Å²) in [6.07, 6.45) is 0. The van der Waals surface area contributed by atoms with Crippen LogP contribution in [0.3, 0.4) is 0 Å². The molecule has 2 amide bonds. The van der Waals surface area contributed by atoms with Crippen LogP contribution in [0.25, 0.3) is 0 Å². The first-order valence-electron chi connectivity index (χ1n) is 7.92. The summed E-state index contributed by atoms with van der Waals surface area (Å²) in [4.78, 5) is 25.9. The molecule has 3 rings (SSSR count). The number of para-hydroxylation sites is 1. The number of nitrogens with one attached hydrogen (secondary N) is 2. The molecule has 0 heterocycles. The molecule has 27 heavy (non-hydrogen) atoms. The molecule has 0 saturated heterocycles. The van der Waals surface area contributed by atoms with Crippen molar-refractivity contribution >= 4 is 35.0 Å². The molecule has 0 spiro atoms. The lowest BCUT2D eigenvalue weighted by Gasteiger charge is -2.11. The van der Waals surface area contributed by atoms with Crippen LogP contribution in [0.1, 0.15) is 0 Å². The molecule has 136 valence electrons. The first-order valence-corrected chi connectivity index (χ1v) is 8.74. The van der Waals surface area contributed by atoms with E-state index in [1.165, 1.54) is 11.8 Å². The van der Waals surface area contributed by atoms with E-state index in [-0.39, 0.29) is 0 Å². The fraction of sp³-hybridized carbons (Fsp3) is 0. The second-order valence-electron chi connectivity index (χ2n) is 5.44. The van der Waals surface area contributed by atoms with Crippen LogP contribution < -0.4 is 10.6 Å². The van der Waals surface area contributed by atoms with Gasteiger partial charge in [-0.2, -0.15) is 0 Å². The highest BCUT2D eigenvalue weighted by atomic mass is 32.2. The molecular weight excluding hydrogens is 370 g/mol. The molecule has 0 aliphatic carbocycles. The second kappa shape index (κ2) is 8.46. The standard InChI is InChI=1S/C20H14F2N2O2S/c21-13-10-11-15(22)17(12-13)24-20(26)19(25)23-16-8-4-5-9-18(16)27-14-6-2-1-3-7-14/h1-12H,(H,23,25)(H,24,26). The zero-order valence-corrected chi connectivity index (χ0v) is 14.7. The molecule has 0 unspecified atom stereocenters. The van der Waals surface area contributed by atoms with Crippen molar-refractivity contribution in [2.75, 3.05) is 10.6 Å². The van der Waals surface area contributed by atoms with Crippen LogP contribution in [0.4, 0.5) is 20.2 Å². The lowest BCUT2D eigenvalue weighted by molar-refractivity contribution is -0.133. The van der Waals surface area contributed by atoms with Gasteiger partial charge >= 0.3 is 11.8 Å². The molecule has 7 heteroatoms. The van der Waals surface area contributed by atoms with E-state index in [0.29, 0.717) is 5.69 Å². The average Bonchev–Trinajstić information content (AvgIpc) is 2.67. The van der Waals surface area contributed by atoms with Crippen molar-refractivity contribution in [3.05, 3.63) is 84.4 Å². The van der Waals surface area contributed by atoms with Crippen molar-refractivity contribution in [3.63, 3.8) is 0 Å². The molecule has 3 aromatic rings. The van der Waals surface area contributed by atoms with Gasteiger partial charge in [0.15, 0.2) is 0 Å². The molecule has 4 nitrogen and oxygen atoms in total. The van der Waals surface area contributed by atoms with Gasteiger partial charge in [-0.1, -0.05) is 42.1 Å². The van der Waals surface area contributed by atoms with Crippen molar-refractivity contribution in [1.29, 1.82) is 0 Å². The van der Waals surface area contributed by atoms with E-state index < -0.39 is 29.1 Å². The molecule has 3 aromatic carbocycles. The molecule has 0 saturated carbocycles. The molecule has 0 atom stereocenters. The van der Waals surface area contributed by atoms with Gasteiger partial charge in [0.2, 0.25) is 0 Å². The van der Waals surface area contributed by atoms with Gasteiger partial charge < -0.3 is 10.6 Å². The second-order valence-corrected chi connectivity index (χ2v) is 6.56. The van der Waals surface area contributed by atoms with Gasteiger partial charge in [0, 0.05) is 15.9 Å². The summed E-state index contributed by atoms with van der Waals surface area (Å²) >= 11 is 1.42. The summed E-state index contributed by atoms with van der Waals surface area (Å²) in [5, 5.41) is 4.56. The predicted octanol–water partition coefficient (Wildman–Crippen LogP) is 4.69. The van der Waals surface area contributed by atoms with Crippen molar-refractivity contribution in [2.45, 2.75) is 9.79 Å². The molecule has 2 N–H and O–H groups in total. The van der Waals surface area contributed by atoms with Gasteiger partial charge in [-0.05, 0) is 36.4 Å². The fourth-order valence-electron chi connectivity index (χ4n) is 2.23. The van der Waals surface area contributed by atoms with Crippen LogP contribution >= 0.6 is 11.8 Å².